The van der Waals surface area contributed by atoms with E-state index in [1.807, 2.05) is 12.1 Å². The third-order valence-corrected chi connectivity index (χ3v) is 3.54. The van der Waals surface area contributed by atoms with E-state index in [9.17, 15) is 4.79 Å². The lowest BCUT2D eigenvalue weighted by Crippen LogP contribution is -2.34. The fraction of sp³-hybridized carbons (Fsp3) is 0.545. The topological polar surface area (TPSA) is 125 Å². The number of hydrogen-bond donors (Lipinski definition) is 1. The first-order chi connectivity index (χ1) is 9.60. The van der Waals surface area contributed by atoms with Gasteiger partial charge in [0.05, 0.1) is 30.7 Å². The molecule has 0 radical (unpaired) electrons. The molecule has 0 saturated carbocycles. The average Bonchev–Trinajstić information content (AvgIpc) is 2.76. The van der Waals surface area contributed by atoms with Crippen LogP contribution in [0.4, 0.5) is 5.95 Å². The minimum absolute atomic E-state index is 0.137. The van der Waals surface area contributed by atoms with Crippen molar-refractivity contribution in [3.8, 4) is 12.1 Å². The molecule has 0 unspecified atom stereocenters. The van der Waals surface area contributed by atoms with Gasteiger partial charge in [0.2, 0.25) is 11.9 Å². The quantitative estimate of drug-likeness (QED) is 0.709. The summed E-state index contributed by atoms with van der Waals surface area (Å²) < 4.78 is 1.59. The zero-order chi connectivity index (χ0) is 15.0. The number of amides is 1. The smallest absolute Gasteiger partial charge is 0.233 e. The van der Waals surface area contributed by atoms with Crippen LogP contribution in [0.2, 0.25) is 0 Å². The van der Waals surface area contributed by atoms with Crippen LogP contribution < -0.4 is 5.73 Å². The van der Waals surface area contributed by atoms with Gasteiger partial charge in [-0.05, 0) is 0 Å². The van der Waals surface area contributed by atoms with Gasteiger partial charge in [-0.3, -0.25) is 9.36 Å². The van der Waals surface area contributed by atoms with E-state index in [2.05, 4.69) is 10.2 Å². The standard InChI is InChI=1S/C11H15N7OS/c1-17-10(14)15-16-11(17)20-8-9(19)18(6-2-4-12)7-3-5-13/h2-3,6-8H2,1H3,(H2,14,15). The Labute approximate surface area is 121 Å². The molecule has 0 aliphatic rings. The molecule has 1 rings (SSSR count). The van der Waals surface area contributed by atoms with E-state index in [0.29, 0.717) is 18.2 Å². The summed E-state index contributed by atoms with van der Waals surface area (Å²) in [5.41, 5.74) is 5.55. The molecular formula is C11H15N7OS. The summed E-state index contributed by atoms with van der Waals surface area (Å²) in [5, 5.41) is 25.2. The maximum Gasteiger partial charge on any atom is 0.233 e. The van der Waals surface area contributed by atoms with Crippen molar-refractivity contribution in [2.75, 3.05) is 24.6 Å². The summed E-state index contributed by atoms with van der Waals surface area (Å²) in [6, 6.07) is 3.98. The minimum atomic E-state index is -0.137. The van der Waals surface area contributed by atoms with Crippen LogP contribution in [0.1, 0.15) is 12.8 Å². The molecule has 9 heteroatoms. The molecule has 0 aliphatic carbocycles. The normalized spacial score (nSPS) is 9.75. The third-order valence-electron chi connectivity index (χ3n) is 2.53. The Morgan fingerprint density at radius 2 is 1.95 bits per heavy atom. The van der Waals surface area contributed by atoms with Crippen LogP contribution >= 0.6 is 11.8 Å². The van der Waals surface area contributed by atoms with E-state index < -0.39 is 0 Å². The van der Waals surface area contributed by atoms with E-state index in [4.69, 9.17) is 16.3 Å². The lowest BCUT2D eigenvalue weighted by Gasteiger charge is -2.19. The van der Waals surface area contributed by atoms with Gasteiger partial charge in [0.15, 0.2) is 5.16 Å². The number of nitriles is 2. The second-order valence-electron chi connectivity index (χ2n) is 3.89. The van der Waals surface area contributed by atoms with Crippen LogP contribution in [0.25, 0.3) is 0 Å². The van der Waals surface area contributed by atoms with E-state index >= 15 is 0 Å². The molecule has 1 aromatic rings. The van der Waals surface area contributed by atoms with Crippen molar-refractivity contribution in [3.05, 3.63) is 0 Å². The first kappa shape index (κ1) is 15.8. The monoisotopic (exact) mass is 293 g/mol. The molecule has 8 nitrogen and oxygen atoms in total. The van der Waals surface area contributed by atoms with Crippen LogP contribution in [-0.4, -0.2) is 44.4 Å². The first-order valence-corrected chi connectivity index (χ1v) is 6.88. The molecule has 1 aromatic heterocycles. The fourth-order valence-electron chi connectivity index (χ4n) is 1.40. The van der Waals surface area contributed by atoms with E-state index in [1.165, 1.54) is 16.7 Å². The molecule has 0 bridgehead atoms. The fourth-order valence-corrected chi connectivity index (χ4v) is 2.22. The second kappa shape index (κ2) is 8.02. The molecule has 20 heavy (non-hydrogen) atoms. The van der Waals surface area contributed by atoms with Crippen LogP contribution in [0, 0.1) is 22.7 Å². The number of nitrogen functional groups attached to an aromatic ring is 1. The van der Waals surface area contributed by atoms with Crippen molar-refractivity contribution in [2.45, 2.75) is 18.0 Å². The maximum atomic E-state index is 12.0. The number of carbonyl (C=O) groups excluding carboxylic acids is 1. The SMILES string of the molecule is Cn1c(N)nnc1SCC(=O)N(CCC#N)CCC#N. The van der Waals surface area contributed by atoms with Crippen LogP contribution in [0.15, 0.2) is 5.16 Å². The third kappa shape index (κ3) is 4.44. The Balaban J connectivity index is 2.55. The Hall–Kier alpha value is -2.26. The van der Waals surface area contributed by atoms with Gasteiger partial charge < -0.3 is 10.6 Å². The molecule has 0 saturated heterocycles. The Kier molecular flexibility index (Phi) is 6.33. The van der Waals surface area contributed by atoms with Gasteiger partial charge in [-0.25, -0.2) is 0 Å². The lowest BCUT2D eigenvalue weighted by atomic mass is 10.3. The van der Waals surface area contributed by atoms with E-state index in [-0.39, 0.29) is 30.5 Å². The zero-order valence-electron chi connectivity index (χ0n) is 11.1. The molecule has 0 atom stereocenters. The number of rotatable bonds is 7. The van der Waals surface area contributed by atoms with Crippen molar-refractivity contribution >= 4 is 23.6 Å². The van der Waals surface area contributed by atoms with E-state index in [0.717, 1.165) is 0 Å². The Bertz CT molecular complexity index is 524. The Morgan fingerprint density at radius 3 is 2.40 bits per heavy atom. The summed E-state index contributed by atoms with van der Waals surface area (Å²) >= 11 is 1.22. The van der Waals surface area contributed by atoms with Crippen molar-refractivity contribution < 1.29 is 4.79 Å². The number of thioether (sulfide) groups is 1. The molecular weight excluding hydrogens is 278 g/mol. The summed E-state index contributed by atoms with van der Waals surface area (Å²) in [6.45, 7) is 0.664. The highest BCUT2D eigenvalue weighted by Crippen LogP contribution is 2.16. The average molecular weight is 293 g/mol. The molecule has 0 fully saturated rings. The summed E-state index contributed by atoms with van der Waals surface area (Å²) in [7, 11) is 1.71. The van der Waals surface area contributed by atoms with Gasteiger partial charge in [-0.15, -0.1) is 10.2 Å². The predicted molar refractivity (Wildman–Crippen MR) is 73.2 cm³/mol. The number of carbonyl (C=O) groups is 1. The molecule has 1 amide bonds. The second-order valence-corrected chi connectivity index (χ2v) is 4.83. The highest BCUT2D eigenvalue weighted by molar-refractivity contribution is 7.99. The van der Waals surface area contributed by atoms with Crippen molar-refractivity contribution in [1.82, 2.24) is 19.7 Å². The van der Waals surface area contributed by atoms with Gasteiger partial charge >= 0.3 is 0 Å². The summed E-state index contributed by atoms with van der Waals surface area (Å²) in [4.78, 5) is 13.6. The number of hydrogen-bond acceptors (Lipinski definition) is 7. The molecule has 1 heterocycles. The van der Waals surface area contributed by atoms with Crippen molar-refractivity contribution in [3.63, 3.8) is 0 Å². The van der Waals surface area contributed by atoms with Gasteiger partial charge in [0.1, 0.15) is 0 Å². The lowest BCUT2D eigenvalue weighted by molar-refractivity contribution is -0.128. The van der Waals surface area contributed by atoms with Crippen LogP contribution in [0.5, 0.6) is 0 Å². The number of anilines is 1. The van der Waals surface area contributed by atoms with Gasteiger partial charge in [-0.2, -0.15) is 10.5 Å². The van der Waals surface area contributed by atoms with Crippen molar-refractivity contribution in [1.29, 1.82) is 10.5 Å². The van der Waals surface area contributed by atoms with Gasteiger partial charge in [0, 0.05) is 20.1 Å². The Morgan fingerprint density at radius 1 is 1.35 bits per heavy atom. The molecule has 0 aliphatic heterocycles. The number of nitrogens with zero attached hydrogens (tertiary/aromatic N) is 6. The summed E-state index contributed by atoms with van der Waals surface area (Å²) in [5.74, 6) is 0.316. The molecule has 106 valence electrons. The van der Waals surface area contributed by atoms with Crippen molar-refractivity contribution in [2.24, 2.45) is 7.05 Å². The molecule has 2 N–H and O–H groups in total. The largest absolute Gasteiger partial charge is 0.368 e. The number of nitrogens with two attached hydrogens (primary N) is 1. The first-order valence-electron chi connectivity index (χ1n) is 5.89. The van der Waals surface area contributed by atoms with Crippen LogP contribution in [0.3, 0.4) is 0 Å². The molecule has 0 spiro atoms. The minimum Gasteiger partial charge on any atom is -0.368 e. The zero-order valence-corrected chi connectivity index (χ0v) is 11.9. The van der Waals surface area contributed by atoms with E-state index in [1.54, 1.807) is 11.6 Å². The highest BCUT2D eigenvalue weighted by atomic mass is 32.2. The molecule has 0 aromatic carbocycles. The van der Waals surface area contributed by atoms with Gasteiger partial charge in [-0.1, -0.05) is 11.8 Å². The van der Waals surface area contributed by atoms with Gasteiger partial charge in [0.25, 0.3) is 0 Å². The maximum absolute atomic E-state index is 12.0. The summed E-state index contributed by atoms with van der Waals surface area (Å²) in [6.07, 6.45) is 0.498. The highest BCUT2D eigenvalue weighted by Gasteiger charge is 2.15. The van der Waals surface area contributed by atoms with Crippen LogP contribution in [-0.2, 0) is 11.8 Å². The predicted octanol–water partition coefficient (Wildman–Crippen LogP) is 0.145. The number of aromatic nitrogens is 3.